The van der Waals surface area contributed by atoms with E-state index in [0.29, 0.717) is 36.5 Å². The second-order valence-corrected chi connectivity index (χ2v) is 9.41. The van der Waals surface area contributed by atoms with Gasteiger partial charge in [0, 0.05) is 47.1 Å². The summed E-state index contributed by atoms with van der Waals surface area (Å²) in [5, 5.41) is 23.8. The highest BCUT2D eigenvalue weighted by Gasteiger charge is 2.16. The monoisotopic (exact) mass is 483 g/mol. The predicted octanol–water partition coefficient (Wildman–Crippen LogP) is 4.77. The fourth-order valence-electron chi connectivity index (χ4n) is 3.68. The van der Waals surface area contributed by atoms with Gasteiger partial charge in [0.05, 0.1) is 12.1 Å². The largest absolute Gasteiger partial charge is 0.390 e. The molecule has 0 bridgehead atoms. The summed E-state index contributed by atoms with van der Waals surface area (Å²) < 4.78 is 7.35. The lowest BCUT2D eigenvalue weighted by atomic mass is 9.97. The van der Waals surface area contributed by atoms with Gasteiger partial charge in [-0.3, -0.25) is 4.79 Å². The molecule has 0 aliphatic heterocycles. The standard InChI is InChI=1S/C29H29N3O4/c1-20(33)28-30-16-17-32(28)19-25-18-27(36-31-25)24-12-8-22(9-13-24)5-4-21-6-10-23(11-7-21)26(34)14-15-29(2,3)35/h6-13,16-18,20,33,35H,14-15,19H2,1-3H3/t20-/m0/s1. The van der Waals surface area contributed by atoms with Crippen LogP contribution in [0, 0.1) is 11.8 Å². The summed E-state index contributed by atoms with van der Waals surface area (Å²) in [6, 6.07) is 16.8. The van der Waals surface area contributed by atoms with Crippen molar-refractivity contribution in [2.45, 2.75) is 51.9 Å². The van der Waals surface area contributed by atoms with Gasteiger partial charge in [0.2, 0.25) is 0 Å². The first-order valence-corrected chi connectivity index (χ1v) is 11.8. The van der Waals surface area contributed by atoms with Crippen molar-refractivity contribution in [1.82, 2.24) is 14.7 Å². The smallest absolute Gasteiger partial charge is 0.167 e. The highest BCUT2D eigenvalue weighted by molar-refractivity contribution is 5.96. The van der Waals surface area contributed by atoms with E-state index >= 15 is 0 Å². The molecule has 2 heterocycles. The van der Waals surface area contributed by atoms with Gasteiger partial charge < -0.3 is 19.3 Å². The van der Waals surface area contributed by atoms with Crippen LogP contribution in [-0.4, -0.2) is 36.3 Å². The van der Waals surface area contributed by atoms with Crippen molar-refractivity contribution in [3.63, 3.8) is 0 Å². The molecule has 0 aliphatic carbocycles. The lowest BCUT2D eigenvalue weighted by molar-refractivity contribution is 0.0633. The van der Waals surface area contributed by atoms with Crippen LogP contribution in [0.3, 0.4) is 0 Å². The van der Waals surface area contributed by atoms with Gasteiger partial charge in [0.25, 0.3) is 0 Å². The number of aromatic nitrogens is 3. The molecular formula is C29H29N3O4. The SMILES string of the molecule is C[C@H](O)c1nccn1Cc1cc(-c2ccc(C#Cc3ccc(C(=O)CCC(C)(C)O)cc3)cc2)on1. The number of hydrogen-bond acceptors (Lipinski definition) is 6. The van der Waals surface area contributed by atoms with Crippen LogP contribution in [0.25, 0.3) is 11.3 Å². The molecule has 0 amide bonds. The van der Waals surface area contributed by atoms with Crippen molar-refractivity contribution in [1.29, 1.82) is 0 Å². The number of carbonyl (C=O) groups excluding carboxylic acids is 1. The van der Waals surface area contributed by atoms with Crippen LogP contribution in [0.2, 0.25) is 0 Å². The molecule has 4 aromatic rings. The number of carbonyl (C=O) groups is 1. The van der Waals surface area contributed by atoms with Gasteiger partial charge in [0.15, 0.2) is 11.5 Å². The molecule has 0 fully saturated rings. The van der Waals surface area contributed by atoms with E-state index in [1.54, 1.807) is 45.3 Å². The number of Topliss-reactive ketones (excluding diaryl/α,β-unsaturated/α-hetero) is 1. The maximum atomic E-state index is 12.3. The van der Waals surface area contributed by atoms with E-state index in [4.69, 9.17) is 4.52 Å². The number of hydrogen-bond donors (Lipinski definition) is 2. The molecule has 4 rings (SSSR count). The normalized spacial score (nSPS) is 12.1. The Morgan fingerprint density at radius 3 is 2.33 bits per heavy atom. The van der Waals surface area contributed by atoms with Gasteiger partial charge in [0.1, 0.15) is 17.6 Å². The molecule has 1 atom stereocenters. The van der Waals surface area contributed by atoms with E-state index < -0.39 is 11.7 Å². The lowest BCUT2D eigenvalue weighted by Gasteiger charge is -2.15. The third-order valence-electron chi connectivity index (χ3n) is 5.70. The minimum atomic E-state index is -0.851. The molecule has 2 aromatic carbocycles. The van der Waals surface area contributed by atoms with Gasteiger partial charge in [-0.1, -0.05) is 29.1 Å². The molecule has 184 valence electrons. The molecule has 0 unspecified atom stereocenters. The number of benzene rings is 2. The molecule has 2 N–H and O–H groups in total. The number of rotatable bonds is 8. The summed E-state index contributed by atoms with van der Waals surface area (Å²) in [6.07, 6.45) is 3.52. The fraction of sp³-hybridized carbons (Fsp3) is 0.276. The van der Waals surface area contributed by atoms with E-state index in [0.717, 1.165) is 22.4 Å². The number of ketones is 1. The fourth-order valence-corrected chi connectivity index (χ4v) is 3.68. The average Bonchev–Trinajstić information content (AvgIpc) is 3.52. The van der Waals surface area contributed by atoms with Crippen LogP contribution in [0.4, 0.5) is 0 Å². The Balaban J connectivity index is 1.38. The quantitative estimate of drug-likeness (QED) is 0.276. The summed E-state index contributed by atoms with van der Waals surface area (Å²) in [6.45, 7) is 5.53. The first-order chi connectivity index (χ1) is 17.2. The van der Waals surface area contributed by atoms with Crippen LogP contribution in [0.1, 0.15) is 72.7 Å². The second kappa shape index (κ2) is 10.7. The van der Waals surface area contributed by atoms with Gasteiger partial charge >= 0.3 is 0 Å². The van der Waals surface area contributed by atoms with Crippen LogP contribution >= 0.6 is 0 Å². The van der Waals surface area contributed by atoms with Crippen molar-refractivity contribution in [2.24, 2.45) is 0 Å². The number of imidazole rings is 1. The Morgan fingerprint density at radius 2 is 1.72 bits per heavy atom. The van der Waals surface area contributed by atoms with E-state index in [1.807, 2.05) is 47.0 Å². The molecule has 7 heteroatoms. The third kappa shape index (κ3) is 6.57. The van der Waals surface area contributed by atoms with Gasteiger partial charge in [-0.05, 0) is 63.6 Å². The summed E-state index contributed by atoms with van der Waals surface area (Å²) >= 11 is 0. The Labute approximate surface area is 210 Å². The van der Waals surface area contributed by atoms with Crippen LogP contribution in [0.5, 0.6) is 0 Å². The molecule has 2 aromatic heterocycles. The van der Waals surface area contributed by atoms with Gasteiger partial charge in [-0.2, -0.15) is 0 Å². The van der Waals surface area contributed by atoms with Crippen molar-refractivity contribution in [3.05, 3.63) is 95.2 Å². The Kier molecular flexibility index (Phi) is 7.49. The number of nitrogens with zero attached hydrogens (tertiary/aromatic N) is 3. The maximum Gasteiger partial charge on any atom is 0.167 e. The Bertz CT molecular complexity index is 1380. The van der Waals surface area contributed by atoms with Crippen molar-refractivity contribution in [2.75, 3.05) is 0 Å². The van der Waals surface area contributed by atoms with E-state index in [9.17, 15) is 15.0 Å². The zero-order valence-electron chi connectivity index (χ0n) is 20.6. The van der Waals surface area contributed by atoms with E-state index in [-0.39, 0.29) is 5.78 Å². The minimum Gasteiger partial charge on any atom is -0.390 e. The Morgan fingerprint density at radius 1 is 1.08 bits per heavy atom. The third-order valence-corrected chi connectivity index (χ3v) is 5.70. The first kappa shape index (κ1) is 25.1. The summed E-state index contributed by atoms with van der Waals surface area (Å²) in [4.78, 5) is 16.5. The first-order valence-electron chi connectivity index (χ1n) is 11.8. The van der Waals surface area contributed by atoms with Crippen LogP contribution < -0.4 is 0 Å². The second-order valence-electron chi connectivity index (χ2n) is 9.41. The number of aliphatic hydroxyl groups excluding tert-OH is 1. The highest BCUT2D eigenvalue weighted by Crippen LogP contribution is 2.22. The zero-order chi connectivity index (χ0) is 25.7. The molecule has 0 radical (unpaired) electrons. The van der Waals surface area contributed by atoms with Crippen LogP contribution in [0.15, 0.2) is 71.5 Å². The van der Waals surface area contributed by atoms with Crippen molar-refractivity contribution < 1.29 is 19.5 Å². The van der Waals surface area contributed by atoms with E-state index in [2.05, 4.69) is 22.0 Å². The van der Waals surface area contributed by atoms with Crippen molar-refractivity contribution >= 4 is 5.78 Å². The minimum absolute atomic E-state index is 0.0104. The molecular weight excluding hydrogens is 454 g/mol. The molecule has 0 spiro atoms. The molecule has 0 saturated heterocycles. The maximum absolute atomic E-state index is 12.3. The number of aliphatic hydroxyl groups is 2. The summed E-state index contributed by atoms with van der Waals surface area (Å²) in [7, 11) is 0. The van der Waals surface area contributed by atoms with Crippen LogP contribution in [-0.2, 0) is 6.54 Å². The highest BCUT2D eigenvalue weighted by atomic mass is 16.5. The Hall–Kier alpha value is -3.99. The van der Waals surface area contributed by atoms with Gasteiger partial charge in [-0.15, -0.1) is 0 Å². The molecule has 7 nitrogen and oxygen atoms in total. The molecule has 0 saturated carbocycles. The molecule has 0 aliphatic rings. The topological polar surface area (TPSA) is 101 Å². The van der Waals surface area contributed by atoms with Crippen molar-refractivity contribution in [3.8, 4) is 23.2 Å². The summed E-state index contributed by atoms with van der Waals surface area (Å²) in [5.41, 5.74) is 3.05. The molecule has 36 heavy (non-hydrogen) atoms. The van der Waals surface area contributed by atoms with E-state index in [1.165, 1.54) is 0 Å². The zero-order valence-corrected chi connectivity index (χ0v) is 20.6. The summed E-state index contributed by atoms with van der Waals surface area (Å²) in [5.74, 6) is 7.49. The predicted molar refractivity (Wildman–Crippen MR) is 136 cm³/mol. The lowest BCUT2D eigenvalue weighted by Crippen LogP contribution is -2.19. The average molecular weight is 484 g/mol. The van der Waals surface area contributed by atoms with Gasteiger partial charge in [-0.25, -0.2) is 4.98 Å².